The Kier molecular flexibility index (Phi) is 3.02. The second kappa shape index (κ2) is 4.33. The first-order chi connectivity index (χ1) is 8.04. The first-order valence-electron chi connectivity index (χ1n) is 5.49. The van der Waals surface area contributed by atoms with E-state index in [-0.39, 0.29) is 0 Å². The molecule has 0 radical (unpaired) electrons. The van der Waals surface area contributed by atoms with Crippen LogP contribution in [0.5, 0.6) is 0 Å². The molecule has 0 spiro atoms. The van der Waals surface area contributed by atoms with E-state index in [9.17, 15) is 4.79 Å². The van der Waals surface area contributed by atoms with Gasteiger partial charge in [0.2, 0.25) is 0 Å². The highest BCUT2D eigenvalue weighted by Crippen LogP contribution is 2.29. The van der Waals surface area contributed by atoms with Gasteiger partial charge in [0.25, 0.3) is 0 Å². The smallest absolute Gasteiger partial charge is 0.407 e. The van der Waals surface area contributed by atoms with Crippen LogP contribution in [0.2, 0.25) is 0 Å². The minimum absolute atomic E-state index is 0.414. The number of carboxylic acid groups (broad SMARTS) is 1. The van der Waals surface area contributed by atoms with Gasteiger partial charge in [-0.15, -0.1) is 0 Å². The number of amides is 1. The molecule has 5 nitrogen and oxygen atoms in total. The highest BCUT2D eigenvalue weighted by molar-refractivity contribution is 5.67. The van der Waals surface area contributed by atoms with Crippen LogP contribution in [-0.2, 0) is 24.4 Å². The second-order valence-corrected chi connectivity index (χ2v) is 4.30. The summed E-state index contributed by atoms with van der Waals surface area (Å²) in [5, 5.41) is 9.04. The number of hydrogen-bond acceptors (Lipinski definition) is 3. The number of rotatable bonds is 2. The number of methoxy groups -OCH3 is 1. The fourth-order valence-corrected chi connectivity index (χ4v) is 2.20. The molecule has 2 heterocycles. The maximum Gasteiger partial charge on any atom is 0.407 e. The largest absolute Gasteiger partial charge is 0.465 e. The third-order valence-corrected chi connectivity index (χ3v) is 3.26. The molecule has 0 fully saturated rings. The number of aromatic nitrogens is 1. The molecule has 92 valence electrons. The van der Waals surface area contributed by atoms with Gasteiger partial charge in [0, 0.05) is 18.4 Å². The van der Waals surface area contributed by atoms with Crippen LogP contribution in [0.1, 0.15) is 28.1 Å². The molecule has 1 aromatic heterocycles. The number of carbonyl (C=O) groups is 1. The molecule has 1 N–H and O–H groups in total. The molecule has 0 atom stereocenters. The lowest BCUT2D eigenvalue weighted by molar-refractivity contribution is 0.144. The fourth-order valence-electron chi connectivity index (χ4n) is 2.20. The number of fused-ring (bicyclic) bond motifs is 1. The van der Waals surface area contributed by atoms with Crippen molar-refractivity contribution in [2.75, 3.05) is 7.11 Å². The number of pyridine rings is 1. The summed E-state index contributed by atoms with van der Waals surface area (Å²) < 4.78 is 5.12. The van der Waals surface area contributed by atoms with Crippen molar-refractivity contribution in [3.8, 4) is 0 Å². The third kappa shape index (κ3) is 1.98. The maximum atomic E-state index is 11.0. The molecule has 1 aromatic rings. The third-order valence-electron chi connectivity index (χ3n) is 3.26. The summed E-state index contributed by atoms with van der Waals surface area (Å²) in [5.74, 6) is 0. The van der Waals surface area contributed by atoms with E-state index < -0.39 is 6.09 Å². The van der Waals surface area contributed by atoms with E-state index in [1.54, 1.807) is 7.11 Å². The summed E-state index contributed by atoms with van der Waals surface area (Å²) >= 11 is 0. The van der Waals surface area contributed by atoms with Crippen LogP contribution in [0.25, 0.3) is 0 Å². The lowest BCUT2D eigenvalue weighted by Crippen LogP contribution is -2.22. The maximum absolute atomic E-state index is 11.0. The number of ether oxygens (including phenoxy) is 1. The average molecular weight is 236 g/mol. The van der Waals surface area contributed by atoms with Gasteiger partial charge in [-0.3, -0.25) is 9.88 Å². The Bertz CT molecular complexity index is 471. The molecule has 1 aliphatic rings. The Hall–Kier alpha value is -1.62. The van der Waals surface area contributed by atoms with Crippen LogP contribution >= 0.6 is 0 Å². The molecule has 0 saturated carbocycles. The van der Waals surface area contributed by atoms with Gasteiger partial charge in [0.1, 0.15) is 0 Å². The van der Waals surface area contributed by atoms with E-state index >= 15 is 0 Å². The second-order valence-electron chi connectivity index (χ2n) is 4.30. The SMILES string of the molecule is COCc1nc(C)c(C)c2c1CN(C(=O)O)C2. The van der Waals surface area contributed by atoms with Crippen molar-refractivity contribution in [3.63, 3.8) is 0 Å². The minimum atomic E-state index is -0.887. The van der Waals surface area contributed by atoms with Crippen LogP contribution in [0.15, 0.2) is 0 Å². The van der Waals surface area contributed by atoms with E-state index in [4.69, 9.17) is 9.84 Å². The van der Waals surface area contributed by atoms with Gasteiger partial charge < -0.3 is 9.84 Å². The predicted octanol–water partition coefficient (Wildman–Crippen LogP) is 1.84. The van der Waals surface area contributed by atoms with Crippen molar-refractivity contribution in [1.29, 1.82) is 0 Å². The first kappa shape index (κ1) is 11.9. The summed E-state index contributed by atoms with van der Waals surface area (Å²) in [6, 6.07) is 0. The highest BCUT2D eigenvalue weighted by atomic mass is 16.5. The van der Waals surface area contributed by atoms with Gasteiger partial charge in [-0.05, 0) is 25.0 Å². The van der Waals surface area contributed by atoms with Crippen molar-refractivity contribution in [2.24, 2.45) is 0 Å². The highest BCUT2D eigenvalue weighted by Gasteiger charge is 2.28. The van der Waals surface area contributed by atoms with Crippen LogP contribution < -0.4 is 0 Å². The van der Waals surface area contributed by atoms with Gasteiger partial charge in [0.15, 0.2) is 0 Å². The Labute approximate surface area is 100 Å². The lowest BCUT2D eigenvalue weighted by Gasteiger charge is -2.10. The topological polar surface area (TPSA) is 62.7 Å². The van der Waals surface area contributed by atoms with Gasteiger partial charge in [0.05, 0.1) is 25.4 Å². The average Bonchev–Trinajstić information content (AvgIpc) is 2.71. The molecule has 2 rings (SSSR count). The van der Waals surface area contributed by atoms with Gasteiger partial charge in [-0.2, -0.15) is 0 Å². The number of aryl methyl sites for hydroxylation is 1. The molecule has 17 heavy (non-hydrogen) atoms. The Balaban J connectivity index is 2.46. The molecule has 0 aromatic carbocycles. The molecular weight excluding hydrogens is 220 g/mol. The summed E-state index contributed by atoms with van der Waals surface area (Å²) in [6.45, 7) is 5.23. The Morgan fingerprint density at radius 3 is 2.65 bits per heavy atom. The van der Waals surface area contributed by atoms with Crippen molar-refractivity contribution in [2.45, 2.75) is 33.5 Å². The molecule has 0 unspecified atom stereocenters. The van der Waals surface area contributed by atoms with Crippen molar-refractivity contribution in [3.05, 3.63) is 28.1 Å². The lowest BCUT2D eigenvalue weighted by atomic mass is 10.0. The quantitative estimate of drug-likeness (QED) is 0.851. The van der Waals surface area contributed by atoms with Crippen molar-refractivity contribution >= 4 is 6.09 Å². The van der Waals surface area contributed by atoms with E-state index in [2.05, 4.69) is 4.98 Å². The van der Waals surface area contributed by atoms with Gasteiger partial charge in [-0.1, -0.05) is 0 Å². The zero-order valence-corrected chi connectivity index (χ0v) is 10.3. The summed E-state index contributed by atoms with van der Waals surface area (Å²) in [6.07, 6.45) is -0.887. The van der Waals surface area contributed by atoms with Crippen molar-refractivity contribution in [1.82, 2.24) is 9.88 Å². The summed E-state index contributed by atoms with van der Waals surface area (Å²) in [5.41, 5.74) is 4.99. The fraction of sp³-hybridized carbons (Fsp3) is 0.500. The molecule has 5 heteroatoms. The van der Waals surface area contributed by atoms with Gasteiger partial charge >= 0.3 is 6.09 Å². The molecular formula is C12H16N2O3. The van der Waals surface area contributed by atoms with Crippen LogP contribution in [0, 0.1) is 13.8 Å². The standard InChI is InChI=1S/C12H16N2O3/c1-7-8(2)13-11(6-17-3)10-5-14(12(15)16)4-9(7)10/h4-6H2,1-3H3,(H,15,16). The Morgan fingerprint density at radius 2 is 2.06 bits per heavy atom. The molecule has 0 saturated heterocycles. The Morgan fingerprint density at radius 1 is 1.41 bits per heavy atom. The monoisotopic (exact) mass is 236 g/mol. The minimum Gasteiger partial charge on any atom is -0.465 e. The summed E-state index contributed by atoms with van der Waals surface area (Å²) in [7, 11) is 1.62. The normalized spacial score (nSPS) is 13.9. The number of nitrogens with zero attached hydrogens (tertiary/aromatic N) is 2. The van der Waals surface area contributed by atoms with E-state index in [1.165, 1.54) is 4.90 Å². The van der Waals surface area contributed by atoms with Crippen LogP contribution in [-0.4, -0.2) is 28.2 Å². The first-order valence-corrected chi connectivity index (χ1v) is 5.49. The van der Waals surface area contributed by atoms with E-state index in [0.29, 0.717) is 19.7 Å². The molecule has 1 amide bonds. The van der Waals surface area contributed by atoms with Crippen molar-refractivity contribution < 1.29 is 14.6 Å². The van der Waals surface area contributed by atoms with E-state index in [0.717, 1.165) is 28.1 Å². The molecule has 0 aliphatic carbocycles. The summed E-state index contributed by atoms with van der Waals surface area (Å²) in [4.78, 5) is 16.9. The van der Waals surface area contributed by atoms with Crippen LogP contribution in [0.3, 0.4) is 0 Å². The molecule has 1 aliphatic heterocycles. The van der Waals surface area contributed by atoms with Crippen LogP contribution in [0.4, 0.5) is 4.79 Å². The van der Waals surface area contributed by atoms with E-state index in [1.807, 2.05) is 13.8 Å². The molecule has 0 bridgehead atoms. The zero-order chi connectivity index (χ0) is 12.6. The van der Waals surface area contributed by atoms with Gasteiger partial charge in [-0.25, -0.2) is 4.79 Å². The zero-order valence-electron chi connectivity index (χ0n) is 10.3. The predicted molar refractivity (Wildman–Crippen MR) is 61.7 cm³/mol. The number of hydrogen-bond donors (Lipinski definition) is 1.